The van der Waals surface area contributed by atoms with Crippen LogP contribution in [0.25, 0.3) is 54.9 Å². The number of pyridine rings is 1. The molecular formula is C39H40IrNO3-. The van der Waals surface area contributed by atoms with Gasteiger partial charge < -0.3 is 14.1 Å². The number of aliphatic hydroxyl groups is 1. The van der Waals surface area contributed by atoms with E-state index in [-0.39, 0.29) is 43.5 Å². The maximum atomic E-state index is 11.7. The van der Waals surface area contributed by atoms with Gasteiger partial charge in [-0.05, 0) is 65.6 Å². The van der Waals surface area contributed by atoms with Crippen LogP contribution in [0, 0.1) is 24.9 Å². The molecule has 0 aliphatic carbocycles. The Morgan fingerprint density at radius 1 is 0.818 bits per heavy atom. The number of benzene rings is 4. The van der Waals surface area contributed by atoms with E-state index in [0.717, 1.165) is 64.4 Å². The number of nitrogens with zero attached hydrogens (tertiary/aromatic N) is 1. The fraction of sp³-hybridized carbons (Fsp3) is 0.256. The minimum Gasteiger partial charge on any atom is -0.512 e. The van der Waals surface area contributed by atoms with Gasteiger partial charge in [0.2, 0.25) is 0 Å². The van der Waals surface area contributed by atoms with Gasteiger partial charge in [0, 0.05) is 50.5 Å². The average Bonchev–Trinajstić information content (AvgIpc) is 3.42. The molecule has 4 nitrogen and oxygen atoms in total. The van der Waals surface area contributed by atoms with Gasteiger partial charge in [0.15, 0.2) is 5.78 Å². The van der Waals surface area contributed by atoms with Crippen molar-refractivity contribution in [1.82, 2.24) is 0 Å². The summed E-state index contributed by atoms with van der Waals surface area (Å²) in [6.45, 7) is 8.07. The van der Waals surface area contributed by atoms with E-state index in [4.69, 9.17) is 4.42 Å². The summed E-state index contributed by atoms with van der Waals surface area (Å²) in [6.07, 6.45) is 4.91. The van der Waals surface area contributed by atoms with Crippen molar-refractivity contribution in [1.29, 1.82) is 0 Å². The van der Waals surface area contributed by atoms with Crippen molar-refractivity contribution in [3.63, 3.8) is 0 Å². The van der Waals surface area contributed by atoms with Gasteiger partial charge in [0.05, 0.1) is 11.3 Å². The van der Waals surface area contributed by atoms with Crippen molar-refractivity contribution in [2.24, 2.45) is 11.8 Å². The monoisotopic (exact) mass is 763 g/mol. The third-order valence-electron chi connectivity index (χ3n) is 8.61. The number of furan rings is 1. The van der Waals surface area contributed by atoms with Gasteiger partial charge in [0.1, 0.15) is 16.8 Å². The van der Waals surface area contributed by atoms with E-state index in [2.05, 4.69) is 73.8 Å². The summed E-state index contributed by atoms with van der Waals surface area (Å²) in [5, 5.41) is 15.6. The zero-order chi connectivity index (χ0) is 30.5. The van der Waals surface area contributed by atoms with Crippen molar-refractivity contribution in [2.45, 2.75) is 53.4 Å². The van der Waals surface area contributed by atoms with Crippen LogP contribution in [0.5, 0.6) is 0 Å². The molecule has 5 heteroatoms. The summed E-state index contributed by atoms with van der Waals surface area (Å²) >= 11 is 0. The molecule has 2 heterocycles. The van der Waals surface area contributed by atoms with Crippen LogP contribution in [0.3, 0.4) is 0 Å². The second-order valence-electron chi connectivity index (χ2n) is 11.1. The number of carbonyl (C=O) groups is 1. The smallest absolute Gasteiger partial charge is 0.162 e. The first-order valence-corrected chi connectivity index (χ1v) is 15.4. The first kappa shape index (κ1) is 33.0. The molecule has 0 saturated heterocycles. The van der Waals surface area contributed by atoms with E-state index in [1.54, 1.807) is 0 Å². The Labute approximate surface area is 273 Å². The molecule has 0 amide bonds. The second-order valence-corrected chi connectivity index (χ2v) is 11.1. The minimum atomic E-state index is 0. The van der Waals surface area contributed by atoms with E-state index in [0.29, 0.717) is 0 Å². The van der Waals surface area contributed by atoms with Gasteiger partial charge in [-0.1, -0.05) is 87.7 Å². The Balaban J connectivity index is 0.000000239. The number of allylic oxidation sites excluding steroid dienone is 2. The zero-order valence-corrected chi connectivity index (χ0v) is 28.3. The van der Waals surface area contributed by atoms with Gasteiger partial charge in [-0.3, -0.25) is 4.79 Å². The molecule has 4 aromatic carbocycles. The van der Waals surface area contributed by atoms with Crippen molar-refractivity contribution in [3.05, 3.63) is 110 Å². The van der Waals surface area contributed by atoms with E-state index in [9.17, 15) is 9.90 Å². The van der Waals surface area contributed by atoms with E-state index in [1.807, 2.05) is 56.5 Å². The molecular weight excluding hydrogens is 723 g/mol. The Kier molecular flexibility index (Phi) is 11.0. The van der Waals surface area contributed by atoms with Crippen LogP contribution in [-0.4, -0.2) is 10.9 Å². The Hall–Kier alpha value is -3.92. The van der Waals surface area contributed by atoms with Gasteiger partial charge in [-0.2, -0.15) is 0 Å². The Morgan fingerprint density at radius 2 is 1.48 bits per heavy atom. The number of aliphatic hydroxyl groups excluding tert-OH is 1. The SMILES string of the molecule is CCC(CC)C(=O)/C=C(\O)C(CC)CC.[CH2-][n+]1c(-c2[c-]ccc3c2oc2ccccc23)ccc2c3ccccc3ccc21.[Ir]. The molecule has 0 spiro atoms. The summed E-state index contributed by atoms with van der Waals surface area (Å²) in [6, 6.07) is 32.5. The summed E-state index contributed by atoms with van der Waals surface area (Å²) in [5.41, 5.74) is 4.73. The van der Waals surface area contributed by atoms with Crippen LogP contribution < -0.4 is 4.57 Å². The Bertz CT molecular complexity index is 1930. The normalized spacial score (nSPS) is 11.7. The minimum absolute atomic E-state index is 0. The van der Waals surface area contributed by atoms with Crippen molar-refractivity contribution in [2.75, 3.05) is 0 Å². The third kappa shape index (κ3) is 6.45. The molecule has 0 aliphatic heterocycles. The van der Waals surface area contributed by atoms with E-state index in [1.165, 1.54) is 22.2 Å². The van der Waals surface area contributed by atoms with Crippen molar-refractivity contribution >= 4 is 49.4 Å². The molecule has 6 rings (SSSR count). The predicted octanol–water partition coefficient (Wildman–Crippen LogP) is 10.2. The summed E-state index contributed by atoms with van der Waals surface area (Å²) in [4.78, 5) is 11.7. The topological polar surface area (TPSA) is 54.3 Å². The third-order valence-corrected chi connectivity index (χ3v) is 8.61. The van der Waals surface area contributed by atoms with Gasteiger partial charge in [-0.25, -0.2) is 0 Å². The molecule has 1 N–H and O–H groups in total. The number of carbonyl (C=O) groups excluding carboxylic acids is 1. The molecule has 2 aromatic heterocycles. The van der Waals surface area contributed by atoms with Crippen LogP contribution >= 0.6 is 0 Å². The van der Waals surface area contributed by atoms with E-state index < -0.39 is 0 Å². The maximum Gasteiger partial charge on any atom is 0.162 e. The molecule has 6 aromatic rings. The standard InChI is InChI=1S/C26H16NO.C13H24O2.Ir/c1-27-23-15-13-17-7-2-3-8-18(17)19(23)14-16-24(27)22-11-6-10-21-20-9-4-5-12-25(20)28-26(21)22;1-5-10(6-2)12(14)9-13(15)11(7-3)8-4;/h2-10,12-16H,1H2;9-11,14H,5-8H2,1-4H3;/q-1;;/b;12-9-;. The molecule has 0 fully saturated rings. The molecule has 229 valence electrons. The maximum absolute atomic E-state index is 11.7. The zero-order valence-electron chi connectivity index (χ0n) is 25.9. The first-order valence-electron chi connectivity index (χ1n) is 15.4. The number of fused-ring (bicyclic) bond motifs is 6. The molecule has 0 saturated carbocycles. The molecule has 1 radical (unpaired) electrons. The Morgan fingerprint density at radius 3 is 2.18 bits per heavy atom. The fourth-order valence-electron chi connectivity index (χ4n) is 5.96. The largest absolute Gasteiger partial charge is 0.512 e. The van der Waals surface area contributed by atoms with Crippen molar-refractivity contribution < 1.29 is 39.0 Å². The quantitative estimate of drug-likeness (QED) is 0.0553. The molecule has 0 unspecified atom stereocenters. The first-order chi connectivity index (χ1) is 20.9. The van der Waals surface area contributed by atoms with Crippen molar-refractivity contribution in [3.8, 4) is 11.3 Å². The number of rotatable bonds is 8. The van der Waals surface area contributed by atoms with Crippen LogP contribution in [0.15, 0.2) is 101 Å². The van der Waals surface area contributed by atoms with Crippen LogP contribution in [-0.2, 0) is 24.9 Å². The number of para-hydroxylation sites is 1. The van der Waals surface area contributed by atoms with Gasteiger partial charge in [0.25, 0.3) is 0 Å². The summed E-state index contributed by atoms with van der Waals surface area (Å²) < 4.78 is 8.19. The molecule has 44 heavy (non-hydrogen) atoms. The average molecular weight is 763 g/mol. The second kappa shape index (κ2) is 14.7. The number of ketones is 1. The summed E-state index contributed by atoms with van der Waals surface area (Å²) in [5.74, 6) is 0.547. The van der Waals surface area contributed by atoms with Crippen LogP contribution in [0.4, 0.5) is 0 Å². The fourth-order valence-corrected chi connectivity index (χ4v) is 5.96. The molecule has 0 atom stereocenters. The van der Waals surface area contributed by atoms with Crippen LogP contribution in [0.2, 0.25) is 0 Å². The predicted molar refractivity (Wildman–Crippen MR) is 178 cm³/mol. The van der Waals surface area contributed by atoms with Gasteiger partial charge in [-0.15, -0.1) is 18.2 Å². The van der Waals surface area contributed by atoms with Gasteiger partial charge >= 0.3 is 0 Å². The number of hydrogen-bond donors (Lipinski definition) is 1. The number of hydrogen-bond acceptors (Lipinski definition) is 3. The molecule has 0 aliphatic rings. The van der Waals surface area contributed by atoms with E-state index >= 15 is 0 Å². The number of aromatic nitrogens is 1. The summed E-state index contributed by atoms with van der Waals surface area (Å²) in [7, 11) is 4.35. The molecule has 0 bridgehead atoms. The van der Waals surface area contributed by atoms with Crippen LogP contribution in [0.1, 0.15) is 53.4 Å².